The predicted molar refractivity (Wildman–Crippen MR) is 96.3 cm³/mol. The summed E-state index contributed by atoms with van der Waals surface area (Å²) in [5.41, 5.74) is 9.36. The second kappa shape index (κ2) is 10.5. The van der Waals surface area contributed by atoms with Gasteiger partial charge in [-0.1, -0.05) is 41.5 Å². The Morgan fingerprint density at radius 2 is 2.00 bits per heavy atom. The van der Waals surface area contributed by atoms with Crippen molar-refractivity contribution in [3.8, 4) is 0 Å². The maximum absolute atomic E-state index is 11.3. The van der Waals surface area contributed by atoms with Crippen LogP contribution in [0.5, 0.6) is 0 Å². The lowest BCUT2D eigenvalue weighted by atomic mass is 9.98. The van der Waals surface area contributed by atoms with Crippen LogP contribution in [0.25, 0.3) is 10.4 Å². The minimum Gasteiger partial charge on any atom is -0.385 e. The van der Waals surface area contributed by atoms with Gasteiger partial charge in [0, 0.05) is 4.91 Å². The highest BCUT2D eigenvalue weighted by atomic mass is 32.3. The zero-order valence-electron chi connectivity index (χ0n) is 14.8. The lowest BCUT2D eigenvalue weighted by Crippen LogP contribution is -2.61. The molecule has 0 aliphatic carbocycles. The molecule has 1 aliphatic heterocycles. The summed E-state index contributed by atoms with van der Waals surface area (Å²) >= 11 is 0. The van der Waals surface area contributed by atoms with Gasteiger partial charge in [0.05, 0.1) is 25.9 Å². The molecule has 2 rings (SSSR count). The second-order valence-electron chi connectivity index (χ2n) is 5.82. The molecule has 1 fully saturated rings. The SMILES string of the molecule is C=CCO[C@H]1O[C@H](CN=[N+]=[N-])[C@@H](OCc2ccccc2)[C@H](OS(=O)(=O)O)[C@@H]1O. The molecule has 0 aromatic heterocycles. The van der Waals surface area contributed by atoms with Crippen LogP contribution in [0.2, 0.25) is 0 Å². The molecule has 0 spiro atoms. The van der Waals surface area contributed by atoms with Crippen LogP contribution in [0.1, 0.15) is 5.56 Å². The summed E-state index contributed by atoms with van der Waals surface area (Å²) in [6.45, 7) is 3.24. The minimum atomic E-state index is -4.94. The summed E-state index contributed by atoms with van der Waals surface area (Å²) in [7, 11) is -4.94. The average molecular weight is 415 g/mol. The highest BCUT2D eigenvalue weighted by Gasteiger charge is 2.49. The predicted octanol–water partition coefficient (Wildman–Crippen LogP) is 1.36. The molecular formula is C16H21N3O8S. The molecule has 154 valence electrons. The molecule has 2 N–H and O–H groups in total. The number of azide groups is 1. The van der Waals surface area contributed by atoms with Crippen LogP contribution in [0.3, 0.4) is 0 Å². The fourth-order valence-corrected chi connectivity index (χ4v) is 3.18. The monoisotopic (exact) mass is 415 g/mol. The summed E-state index contributed by atoms with van der Waals surface area (Å²) in [5.74, 6) is 0. The number of aliphatic hydroxyl groups excluding tert-OH is 1. The van der Waals surface area contributed by atoms with Crippen molar-refractivity contribution in [3.63, 3.8) is 0 Å². The highest BCUT2D eigenvalue weighted by Crippen LogP contribution is 2.29. The lowest BCUT2D eigenvalue weighted by Gasteiger charge is -2.42. The molecule has 1 aromatic carbocycles. The molecule has 0 unspecified atom stereocenters. The zero-order valence-corrected chi connectivity index (χ0v) is 15.6. The first kappa shape index (κ1) is 22.3. The number of ether oxygens (including phenoxy) is 3. The van der Waals surface area contributed by atoms with E-state index in [4.69, 9.17) is 24.3 Å². The Labute approximate surface area is 162 Å². The van der Waals surface area contributed by atoms with E-state index in [1.165, 1.54) is 6.08 Å². The zero-order chi connectivity index (χ0) is 20.6. The van der Waals surface area contributed by atoms with Crippen LogP contribution in [-0.4, -0.2) is 61.9 Å². The van der Waals surface area contributed by atoms with E-state index in [0.29, 0.717) is 0 Å². The minimum absolute atomic E-state index is 0.00982. The van der Waals surface area contributed by atoms with Crippen molar-refractivity contribution in [1.82, 2.24) is 0 Å². The Balaban J connectivity index is 2.28. The van der Waals surface area contributed by atoms with Crippen LogP contribution in [-0.2, 0) is 35.4 Å². The Morgan fingerprint density at radius 3 is 2.61 bits per heavy atom. The van der Waals surface area contributed by atoms with Crippen molar-refractivity contribution >= 4 is 10.4 Å². The number of rotatable bonds is 10. The second-order valence-corrected chi connectivity index (χ2v) is 6.87. The van der Waals surface area contributed by atoms with Crippen LogP contribution < -0.4 is 0 Å². The van der Waals surface area contributed by atoms with Gasteiger partial charge in [0.1, 0.15) is 18.3 Å². The van der Waals surface area contributed by atoms with E-state index in [-0.39, 0.29) is 19.8 Å². The van der Waals surface area contributed by atoms with E-state index in [1.807, 2.05) is 6.07 Å². The molecule has 1 aromatic rings. The molecule has 5 atom stereocenters. The molecule has 12 heteroatoms. The first-order chi connectivity index (χ1) is 13.4. The fraction of sp³-hybridized carbons (Fsp3) is 0.500. The van der Waals surface area contributed by atoms with Crippen LogP contribution in [0.15, 0.2) is 48.1 Å². The van der Waals surface area contributed by atoms with Crippen molar-refractivity contribution in [2.75, 3.05) is 13.2 Å². The molecule has 28 heavy (non-hydrogen) atoms. The summed E-state index contributed by atoms with van der Waals surface area (Å²) in [5, 5.41) is 13.9. The van der Waals surface area contributed by atoms with Gasteiger partial charge < -0.3 is 19.3 Å². The normalized spacial score (nSPS) is 27.7. The fourth-order valence-electron chi connectivity index (χ4n) is 2.68. The third kappa shape index (κ3) is 6.55. The van der Waals surface area contributed by atoms with E-state index in [0.717, 1.165) is 5.56 Å². The van der Waals surface area contributed by atoms with Gasteiger partial charge in [0.2, 0.25) is 0 Å². The van der Waals surface area contributed by atoms with Gasteiger partial charge in [-0.25, -0.2) is 4.18 Å². The number of hydrogen-bond donors (Lipinski definition) is 2. The number of aliphatic hydroxyl groups is 1. The number of benzene rings is 1. The molecule has 0 amide bonds. The maximum atomic E-state index is 11.3. The topological polar surface area (TPSA) is 160 Å². The van der Waals surface area contributed by atoms with Crippen molar-refractivity contribution < 1.29 is 36.5 Å². The molecule has 1 aliphatic rings. The van der Waals surface area contributed by atoms with E-state index in [2.05, 4.69) is 20.8 Å². The molecule has 11 nitrogen and oxygen atoms in total. The Morgan fingerprint density at radius 1 is 1.29 bits per heavy atom. The molecule has 0 radical (unpaired) electrons. The van der Waals surface area contributed by atoms with Gasteiger partial charge >= 0.3 is 10.4 Å². The average Bonchev–Trinajstić information content (AvgIpc) is 2.66. The molecular weight excluding hydrogens is 394 g/mol. The summed E-state index contributed by atoms with van der Waals surface area (Å²) in [6.07, 6.45) is -5.31. The van der Waals surface area contributed by atoms with Crippen LogP contribution in [0.4, 0.5) is 0 Å². The summed E-state index contributed by atoms with van der Waals surface area (Å²) < 4.78 is 52.9. The smallest absolute Gasteiger partial charge is 0.385 e. The lowest BCUT2D eigenvalue weighted by molar-refractivity contribution is -0.295. The Bertz CT molecular complexity index is 784. The van der Waals surface area contributed by atoms with Crippen molar-refractivity contribution in [2.24, 2.45) is 5.11 Å². The summed E-state index contributed by atoms with van der Waals surface area (Å²) in [4.78, 5) is 2.65. The van der Waals surface area contributed by atoms with Crippen molar-refractivity contribution in [3.05, 3.63) is 59.0 Å². The number of hydrogen-bond acceptors (Lipinski definition) is 8. The van der Waals surface area contributed by atoms with Crippen LogP contribution >= 0.6 is 0 Å². The van der Waals surface area contributed by atoms with Crippen molar-refractivity contribution in [1.29, 1.82) is 0 Å². The first-order valence-electron chi connectivity index (χ1n) is 8.24. The van der Waals surface area contributed by atoms with Gasteiger partial charge in [0.25, 0.3) is 0 Å². The van der Waals surface area contributed by atoms with E-state index in [1.54, 1.807) is 24.3 Å². The third-order valence-electron chi connectivity index (χ3n) is 3.84. The Kier molecular flexibility index (Phi) is 8.35. The van der Waals surface area contributed by atoms with Gasteiger partial charge in [-0.05, 0) is 11.1 Å². The van der Waals surface area contributed by atoms with Crippen LogP contribution in [0, 0.1) is 0 Å². The summed E-state index contributed by atoms with van der Waals surface area (Å²) in [6, 6.07) is 8.93. The highest BCUT2D eigenvalue weighted by molar-refractivity contribution is 7.80. The maximum Gasteiger partial charge on any atom is 0.397 e. The molecule has 1 heterocycles. The van der Waals surface area contributed by atoms with E-state index < -0.39 is 41.1 Å². The molecule has 0 bridgehead atoms. The van der Waals surface area contributed by atoms with Gasteiger partial charge in [-0.3, -0.25) is 4.55 Å². The van der Waals surface area contributed by atoms with Crippen molar-refractivity contribution in [2.45, 2.75) is 37.3 Å². The van der Waals surface area contributed by atoms with Gasteiger partial charge in [-0.15, -0.1) is 6.58 Å². The standard InChI is InChI=1S/C16H21N3O8S/c1-2-8-24-16-13(20)15(27-28(21,22)23)14(12(26-16)9-18-19-17)25-10-11-6-4-3-5-7-11/h2-7,12-16,20H,1,8-10H2,(H,21,22,23)/t12-,13+,14-,15-,16+/m1/s1. The van der Waals surface area contributed by atoms with E-state index in [9.17, 15) is 13.5 Å². The number of nitrogens with zero attached hydrogens (tertiary/aromatic N) is 3. The largest absolute Gasteiger partial charge is 0.397 e. The van der Waals surface area contributed by atoms with E-state index >= 15 is 0 Å². The quantitative estimate of drug-likeness (QED) is 0.190. The van der Waals surface area contributed by atoms with Gasteiger partial charge in [-0.2, -0.15) is 8.42 Å². The Hall–Kier alpha value is -2.02. The van der Waals surface area contributed by atoms with Gasteiger partial charge in [0.15, 0.2) is 6.29 Å². The molecule has 1 saturated heterocycles. The molecule has 0 saturated carbocycles. The third-order valence-corrected chi connectivity index (χ3v) is 4.30. The first-order valence-corrected chi connectivity index (χ1v) is 9.60.